The highest BCUT2D eigenvalue weighted by Crippen LogP contribution is 2.34. The van der Waals surface area contributed by atoms with Gasteiger partial charge in [0.25, 0.3) is 0 Å². The summed E-state index contributed by atoms with van der Waals surface area (Å²) in [6.07, 6.45) is -1.01. The highest BCUT2D eigenvalue weighted by atomic mass is 32.3. The van der Waals surface area contributed by atoms with Gasteiger partial charge in [-0.2, -0.15) is 8.42 Å². The Balaban J connectivity index is 2.54. The van der Waals surface area contributed by atoms with Crippen LogP contribution in [0.15, 0.2) is 24.3 Å². The molecule has 2 unspecified atom stereocenters. The van der Waals surface area contributed by atoms with E-state index in [0.29, 0.717) is 0 Å². The smallest absolute Gasteiger partial charge is 0.240 e. The third kappa shape index (κ3) is 2.04. The van der Waals surface area contributed by atoms with E-state index in [1.54, 1.807) is 13.8 Å². The zero-order chi connectivity index (χ0) is 11.1. The molecule has 1 aromatic rings. The summed E-state index contributed by atoms with van der Waals surface area (Å²) in [7, 11) is -3.89. The summed E-state index contributed by atoms with van der Waals surface area (Å²) in [5.74, 6) is 0. The standard InChI is InChI=1S/C10H12O4S/c1-7-9-5-3-4-6-10(9)8(2)14-15(11,12)13-7/h3-8H,1-2H3. The Morgan fingerprint density at radius 1 is 1.00 bits per heavy atom. The van der Waals surface area contributed by atoms with Gasteiger partial charge in [-0.05, 0) is 25.0 Å². The van der Waals surface area contributed by atoms with Crippen LogP contribution in [0.1, 0.15) is 37.2 Å². The normalized spacial score (nSPS) is 29.2. The molecule has 0 aromatic heterocycles. The molecule has 0 saturated heterocycles. The van der Waals surface area contributed by atoms with Crippen LogP contribution in [0.4, 0.5) is 0 Å². The third-order valence-electron chi connectivity index (χ3n) is 2.40. The first kappa shape index (κ1) is 10.6. The van der Waals surface area contributed by atoms with Gasteiger partial charge in [0.2, 0.25) is 0 Å². The van der Waals surface area contributed by atoms with E-state index in [9.17, 15) is 8.42 Å². The van der Waals surface area contributed by atoms with Crippen molar-refractivity contribution in [2.75, 3.05) is 0 Å². The number of fused-ring (bicyclic) bond motifs is 1. The predicted octanol–water partition coefficient (Wildman–Crippen LogP) is 2.10. The number of rotatable bonds is 0. The van der Waals surface area contributed by atoms with Crippen LogP contribution in [0.2, 0.25) is 0 Å². The zero-order valence-electron chi connectivity index (χ0n) is 8.51. The van der Waals surface area contributed by atoms with Gasteiger partial charge in [-0.3, -0.25) is 0 Å². The van der Waals surface area contributed by atoms with Crippen molar-refractivity contribution >= 4 is 10.4 Å². The Bertz CT molecular complexity index is 429. The first-order chi connectivity index (χ1) is 6.99. The molecule has 2 rings (SSSR count). The summed E-state index contributed by atoms with van der Waals surface area (Å²) in [4.78, 5) is 0. The molecular formula is C10H12O4S. The lowest BCUT2D eigenvalue weighted by Gasteiger charge is -2.11. The minimum atomic E-state index is -3.89. The molecule has 0 N–H and O–H groups in total. The van der Waals surface area contributed by atoms with Gasteiger partial charge in [0.15, 0.2) is 0 Å². The van der Waals surface area contributed by atoms with Crippen molar-refractivity contribution in [2.45, 2.75) is 26.1 Å². The highest BCUT2D eigenvalue weighted by molar-refractivity contribution is 7.81. The van der Waals surface area contributed by atoms with E-state index >= 15 is 0 Å². The molecule has 1 aliphatic heterocycles. The van der Waals surface area contributed by atoms with Gasteiger partial charge >= 0.3 is 10.4 Å². The van der Waals surface area contributed by atoms with E-state index in [-0.39, 0.29) is 0 Å². The quantitative estimate of drug-likeness (QED) is 0.682. The molecule has 2 atom stereocenters. The molecule has 15 heavy (non-hydrogen) atoms. The summed E-state index contributed by atoms with van der Waals surface area (Å²) >= 11 is 0. The van der Waals surface area contributed by atoms with E-state index in [1.807, 2.05) is 24.3 Å². The minimum Gasteiger partial charge on any atom is -0.240 e. The van der Waals surface area contributed by atoms with Crippen molar-refractivity contribution in [3.05, 3.63) is 35.4 Å². The Kier molecular flexibility index (Phi) is 2.54. The first-order valence-corrected chi connectivity index (χ1v) is 6.03. The van der Waals surface area contributed by atoms with Crippen LogP contribution < -0.4 is 0 Å². The summed E-state index contributed by atoms with van der Waals surface area (Å²) in [5, 5.41) is 0. The van der Waals surface area contributed by atoms with Crippen LogP contribution >= 0.6 is 0 Å². The summed E-state index contributed by atoms with van der Waals surface area (Å²) in [6.45, 7) is 3.38. The van der Waals surface area contributed by atoms with Gasteiger partial charge < -0.3 is 0 Å². The molecule has 0 aliphatic carbocycles. The van der Waals surface area contributed by atoms with Crippen LogP contribution in [0.3, 0.4) is 0 Å². The molecule has 4 nitrogen and oxygen atoms in total. The van der Waals surface area contributed by atoms with Crippen molar-refractivity contribution in [1.82, 2.24) is 0 Å². The monoisotopic (exact) mass is 228 g/mol. The van der Waals surface area contributed by atoms with Crippen molar-refractivity contribution in [3.63, 3.8) is 0 Å². The van der Waals surface area contributed by atoms with Gasteiger partial charge in [0.05, 0.1) is 0 Å². The molecule has 82 valence electrons. The van der Waals surface area contributed by atoms with E-state index in [1.165, 1.54) is 0 Å². The molecular weight excluding hydrogens is 216 g/mol. The average Bonchev–Trinajstić information content (AvgIpc) is 2.23. The average molecular weight is 228 g/mol. The van der Waals surface area contributed by atoms with Crippen LogP contribution in [-0.2, 0) is 18.8 Å². The summed E-state index contributed by atoms with van der Waals surface area (Å²) in [5.41, 5.74) is 1.71. The molecule has 1 heterocycles. The van der Waals surface area contributed by atoms with E-state index < -0.39 is 22.6 Å². The number of hydrogen-bond donors (Lipinski definition) is 0. The first-order valence-electron chi connectivity index (χ1n) is 4.70. The Hall–Kier alpha value is -0.910. The maximum Gasteiger partial charge on any atom is 0.401 e. The minimum absolute atomic E-state index is 0.504. The lowest BCUT2D eigenvalue weighted by molar-refractivity contribution is 0.157. The predicted molar refractivity (Wildman–Crippen MR) is 54.4 cm³/mol. The van der Waals surface area contributed by atoms with Gasteiger partial charge in [-0.1, -0.05) is 24.3 Å². The third-order valence-corrected chi connectivity index (χ3v) is 3.45. The fourth-order valence-corrected chi connectivity index (χ4v) is 2.69. The largest absolute Gasteiger partial charge is 0.401 e. The van der Waals surface area contributed by atoms with E-state index in [0.717, 1.165) is 11.1 Å². The molecule has 0 saturated carbocycles. The summed E-state index contributed by atoms with van der Waals surface area (Å²) in [6, 6.07) is 7.40. The molecule has 1 aromatic carbocycles. The van der Waals surface area contributed by atoms with Crippen molar-refractivity contribution in [1.29, 1.82) is 0 Å². The SMILES string of the molecule is CC1OS(=O)(=O)OC(C)c2ccccc21. The maximum atomic E-state index is 11.3. The molecule has 0 fully saturated rings. The second-order valence-corrected chi connectivity index (χ2v) is 4.72. The van der Waals surface area contributed by atoms with Crippen molar-refractivity contribution in [2.24, 2.45) is 0 Å². The highest BCUT2D eigenvalue weighted by Gasteiger charge is 2.29. The number of hydrogen-bond acceptors (Lipinski definition) is 4. The lowest BCUT2D eigenvalue weighted by atomic mass is 10.00. The van der Waals surface area contributed by atoms with E-state index in [2.05, 4.69) is 0 Å². The molecule has 1 aliphatic rings. The summed E-state index contributed by atoms with van der Waals surface area (Å²) < 4.78 is 32.3. The Morgan fingerprint density at radius 3 is 1.80 bits per heavy atom. The van der Waals surface area contributed by atoms with Crippen LogP contribution in [0.5, 0.6) is 0 Å². The second kappa shape index (κ2) is 3.59. The van der Waals surface area contributed by atoms with Crippen molar-refractivity contribution < 1.29 is 16.8 Å². The van der Waals surface area contributed by atoms with E-state index in [4.69, 9.17) is 8.37 Å². The zero-order valence-corrected chi connectivity index (χ0v) is 9.32. The number of benzene rings is 1. The Labute approximate surface area is 89.2 Å². The second-order valence-electron chi connectivity index (χ2n) is 3.51. The van der Waals surface area contributed by atoms with Gasteiger partial charge in [0.1, 0.15) is 12.2 Å². The Morgan fingerprint density at radius 2 is 1.40 bits per heavy atom. The van der Waals surface area contributed by atoms with Crippen LogP contribution in [-0.4, -0.2) is 8.42 Å². The fourth-order valence-electron chi connectivity index (χ4n) is 1.73. The van der Waals surface area contributed by atoms with Crippen LogP contribution in [0.25, 0.3) is 0 Å². The molecule has 0 spiro atoms. The van der Waals surface area contributed by atoms with Crippen LogP contribution in [0, 0.1) is 0 Å². The van der Waals surface area contributed by atoms with Crippen molar-refractivity contribution in [3.8, 4) is 0 Å². The van der Waals surface area contributed by atoms with Gasteiger partial charge in [-0.25, -0.2) is 8.37 Å². The molecule has 0 amide bonds. The molecule has 0 radical (unpaired) electrons. The maximum absolute atomic E-state index is 11.3. The molecule has 0 bridgehead atoms. The van der Waals surface area contributed by atoms with Gasteiger partial charge in [0, 0.05) is 0 Å². The lowest BCUT2D eigenvalue weighted by Crippen LogP contribution is -2.09. The van der Waals surface area contributed by atoms with Gasteiger partial charge in [-0.15, -0.1) is 0 Å². The fraction of sp³-hybridized carbons (Fsp3) is 0.400. The topological polar surface area (TPSA) is 52.6 Å². The molecule has 5 heteroatoms.